The molecule has 1 aromatic heterocycles. The van der Waals surface area contributed by atoms with Crippen LogP contribution < -0.4 is 5.43 Å². The van der Waals surface area contributed by atoms with Gasteiger partial charge >= 0.3 is 0 Å². The van der Waals surface area contributed by atoms with Crippen LogP contribution in [0.4, 0.5) is 0 Å². The fourth-order valence-electron chi connectivity index (χ4n) is 3.98. The maximum absolute atomic E-state index is 12.4. The summed E-state index contributed by atoms with van der Waals surface area (Å²) in [5, 5.41) is 14.7. The van der Waals surface area contributed by atoms with Crippen LogP contribution in [-0.2, 0) is 23.2 Å². The van der Waals surface area contributed by atoms with E-state index in [2.05, 4.69) is 54.1 Å². The lowest BCUT2D eigenvalue weighted by molar-refractivity contribution is -0.120. The number of fused-ring (bicyclic) bond motifs is 1. The van der Waals surface area contributed by atoms with Crippen LogP contribution in [0, 0.1) is 11.3 Å². The van der Waals surface area contributed by atoms with Gasteiger partial charge in [0.1, 0.15) is 0 Å². The summed E-state index contributed by atoms with van der Waals surface area (Å²) in [5.74, 6) is -0.161. The van der Waals surface area contributed by atoms with E-state index in [1.807, 2.05) is 66.9 Å². The van der Waals surface area contributed by atoms with Gasteiger partial charge in [0.25, 0.3) is 0 Å². The van der Waals surface area contributed by atoms with Gasteiger partial charge in [0.05, 0.1) is 24.3 Å². The normalized spacial score (nSPS) is 11.6. The fraction of sp³-hybridized carbons (Fsp3) is 0.207. The lowest BCUT2D eigenvalue weighted by Gasteiger charge is -2.19. The number of hydrogen-bond acceptors (Lipinski definition) is 3. The molecule has 0 saturated carbocycles. The quantitative estimate of drug-likeness (QED) is 0.310. The summed E-state index contributed by atoms with van der Waals surface area (Å²) in [6.07, 6.45) is 3.95. The number of carbonyl (C=O) groups excluding carboxylic acids is 1. The largest absolute Gasteiger partial charge is 0.342 e. The van der Waals surface area contributed by atoms with E-state index < -0.39 is 0 Å². The molecule has 0 aliphatic rings. The highest BCUT2D eigenvalue weighted by Gasteiger charge is 2.13. The average Bonchev–Trinajstić information content (AvgIpc) is 3.16. The molecule has 0 spiro atoms. The first-order valence-corrected chi connectivity index (χ1v) is 11.3. The Kier molecular flexibility index (Phi) is 6.60. The van der Waals surface area contributed by atoms with Crippen molar-refractivity contribution in [1.82, 2.24) is 9.99 Å². The first kappa shape index (κ1) is 23.0. The molecule has 34 heavy (non-hydrogen) atoms. The number of para-hydroxylation sites is 1. The van der Waals surface area contributed by atoms with E-state index in [4.69, 9.17) is 0 Å². The summed E-state index contributed by atoms with van der Waals surface area (Å²) in [6, 6.07) is 26.1. The molecule has 0 radical (unpaired) electrons. The Labute approximate surface area is 200 Å². The number of aromatic nitrogens is 1. The van der Waals surface area contributed by atoms with Gasteiger partial charge in [-0.25, -0.2) is 5.43 Å². The van der Waals surface area contributed by atoms with Crippen LogP contribution in [0.15, 0.2) is 84.1 Å². The van der Waals surface area contributed by atoms with Gasteiger partial charge in [0, 0.05) is 29.2 Å². The minimum Gasteiger partial charge on any atom is -0.342 e. The summed E-state index contributed by atoms with van der Waals surface area (Å²) in [4.78, 5) is 12.4. The minimum atomic E-state index is -0.161. The molecule has 0 aliphatic carbocycles. The standard InChI is InChI=1S/C29H28N4O/c1-29(2,3)25-14-12-21(13-15-25)16-28(34)32-31-18-24-20-33(27-11-7-6-10-26(24)27)19-23-9-5-4-8-22(23)17-30/h4-15,18,20H,16,19H2,1-3H3,(H,32,34)/b31-18-. The summed E-state index contributed by atoms with van der Waals surface area (Å²) in [5.41, 5.74) is 8.49. The topological polar surface area (TPSA) is 70.2 Å². The minimum absolute atomic E-state index is 0.0843. The van der Waals surface area contributed by atoms with E-state index in [1.54, 1.807) is 6.21 Å². The Bertz CT molecular complexity index is 1380. The van der Waals surface area contributed by atoms with Gasteiger partial charge in [-0.3, -0.25) is 4.79 Å². The lowest BCUT2D eigenvalue weighted by Crippen LogP contribution is -2.20. The predicted molar refractivity (Wildman–Crippen MR) is 137 cm³/mol. The smallest absolute Gasteiger partial charge is 0.244 e. The van der Waals surface area contributed by atoms with Gasteiger partial charge in [-0.15, -0.1) is 0 Å². The van der Waals surface area contributed by atoms with Gasteiger partial charge in [0.15, 0.2) is 0 Å². The number of rotatable bonds is 6. The average molecular weight is 449 g/mol. The molecule has 0 unspecified atom stereocenters. The first-order chi connectivity index (χ1) is 16.3. The molecule has 1 N–H and O–H groups in total. The molecule has 1 heterocycles. The predicted octanol–water partition coefficient (Wildman–Crippen LogP) is 5.55. The second-order valence-electron chi connectivity index (χ2n) is 9.42. The molecular weight excluding hydrogens is 420 g/mol. The third kappa shape index (κ3) is 5.24. The number of nitrogens with zero attached hydrogens (tertiary/aromatic N) is 3. The second kappa shape index (κ2) is 9.76. The number of hydrazone groups is 1. The van der Waals surface area contributed by atoms with E-state index >= 15 is 0 Å². The van der Waals surface area contributed by atoms with Crippen molar-refractivity contribution < 1.29 is 4.79 Å². The highest BCUT2D eigenvalue weighted by Crippen LogP contribution is 2.23. The Hall–Kier alpha value is -4.17. The van der Waals surface area contributed by atoms with E-state index in [0.717, 1.165) is 27.6 Å². The summed E-state index contributed by atoms with van der Waals surface area (Å²) < 4.78 is 2.10. The number of carbonyl (C=O) groups is 1. The van der Waals surface area contributed by atoms with Gasteiger partial charge < -0.3 is 4.57 Å². The van der Waals surface area contributed by atoms with Crippen LogP contribution >= 0.6 is 0 Å². The van der Waals surface area contributed by atoms with Crippen molar-refractivity contribution in [3.63, 3.8) is 0 Å². The fourth-order valence-corrected chi connectivity index (χ4v) is 3.98. The number of benzene rings is 3. The van der Waals surface area contributed by atoms with Crippen molar-refractivity contribution in [3.05, 3.63) is 107 Å². The van der Waals surface area contributed by atoms with E-state index in [1.165, 1.54) is 5.56 Å². The Morgan fingerprint density at radius 3 is 2.47 bits per heavy atom. The molecular formula is C29H28N4O. The number of amides is 1. The molecule has 170 valence electrons. The molecule has 5 nitrogen and oxygen atoms in total. The van der Waals surface area contributed by atoms with Crippen molar-refractivity contribution in [2.75, 3.05) is 0 Å². The SMILES string of the molecule is CC(C)(C)c1ccc(CC(=O)N/N=C\c2cn(Cc3ccccc3C#N)c3ccccc23)cc1. The first-order valence-electron chi connectivity index (χ1n) is 11.3. The van der Waals surface area contributed by atoms with Crippen molar-refractivity contribution in [2.45, 2.75) is 39.2 Å². The molecule has 4 rings (SSSR count). The van der Waals surface area contributed by atoms with Crippen LogP contribution in [0.25, 0.3) is 10.9 Å². The zero-order chi connectivity index (χ0) is 24.1. The zero-order valence-electron chi connectivity index (χ0n) is 19.7. The van der Waals surface area contributed by atoms with Crippen molar-refractivity contribution in [2.24, 2.45) is 5.10 Å². The summed E-state index contributed by atoms with van der Waals surface area (Å²) >= 11 is 0. The van der Waals surface area contributed by atoms with Crippen LogP contribution in [0.1, 0.15) is 48.6 Å². The maximum atomic E-state index is 12.4. The van der Waals surface area contributed by atoms with E-state index in [9.17, 15) is 10.1 Å². The molecule has 1 amide bonds. The molecule has 0 fully saturated rings. The molecule has 0 atom stereocenters. The van der Waals surface area contributed by atoms with Crippen molar-refractivity contribution in [3.8, 4) is 6.07 Å². The van der Waals surface area contributed by atoms with Crippen LogP contribution in [0.2, 0.25) is 0 Å². The van der Waals surface area contributed by atoms with Crippen molar-refractivity contribution >= 4 is 23.0 Å². The van der Waals surface area contributed by atoms with Crippen LogP contribution in [-0.4, -0.2) is 16.7 Å². The lowest BCUT2D eigenvalue weighted by atomic mass is 9.86. The highest BCUT2D eigenvalue weighted by molar-refractivity contribution is 5.99. The monoisotopic (exact) mass is 448 g/mol. The maximum Gasteiger partial charge on any atom is 0.244 e. The third-order valence-electron chi connectivity index (χ3n) is 5.88. The Balaban J connectivity index is 1.47. The molecule has 0 saturated heterocycles. The van der Waals surface area contributed by atoms with Gasteiger partial charge in [-0.1, -0.05) is 81.4 Å². The van der Waals surface area contributed by atoms with Crippen LogP contribution in [0.3, 0.4) is 0 Å². The molecule has 0 aliphatic heterocycles. The second-order valence-corrected chi connectivity index (χ2v) is 9.42. The highest BCUT2D eigenvalue weighted by atomic mass is 16.2. The molecule has 3 aromatic carbocycles. The van der Waals surface area contributed by atoms with Gasteiger partial charge in [-0.05, 0) is 34.2 Å². The van der Waals surface area contributed by atoms with E-state index in [-0.39, 0.29) is 17.7 Å². The Morgan fingerprint density at radius 1 is 1.03 bits per heavy atom. The Morgan fingerprint density at radius 2 is 1.74 bits per heavy atom. The van der Waals surface area contributed by atoms with Crippen molar-refractivity contribution in [1.29, 1.82) is 5.26 Å². The van der Waals surface area contributed by atoms with Gasteiger partial charge in [-0.2, -0.15) is 10.4 Å². The number of nitriles is 1. The summed E-state index contributed by atoms with van der Waals surface area (Å²) in [7, 11) is 0. The number of hydrogen-bond donors (Lipinski definition) is 1. The van der Waals surface area contributed by atoms with Crippen LogP contribution in [0.5, 0.6) is 0 Å². The third-order valence-corrected chi connectivity index (χ3v) is 5.88. The molecule has 5 heteroatoms. The molecule has 0 bridgehead atoms. The van der Waals surface area contributed by atoms with E-state index in [0.29, 0.717) is 12.1 Å². The molecule has 4 aromatic rings. The summed E-state index contributed by atoms with van der Waals surface area (Å²) in [6.45, 7) is 7.09. The number of nitrogens with one attached hydrogen (secondary N) is 1. The zero-order valence-corrected chi connectivity index (χ0v) is 19.7. The van der Waals surface area contributed by atoms with Gasteiger partial charge in [0.2, 0.25) is 5.91 Å².